The standard InChI is InChI=1S/C16H18BrN3O2/c1-20(10-12-3-6-14(22-2)7-4-12)11-16(21)19-15-8-5-13(17)9-18-15/h3-9H,10-11H2,1-2H3,(H,18,19,21). The normalized spacial score (nSPS) is 10.5. The van der Waals surface area contributed by atoms with E-state index < -0.39 is 0 Å². The molecule has 0 fully saturated rings. The minimum atomic E-state index is -0.0918. The van der Waals surface area contributed by atoms with E-state index in [1.807, 2.05) is 42.3 Å². The number of benzene rings is 1. The van der Waals surface area contributed by atoms with Gasteiger partial charge in [-0.1, -0.05) is 12.1 Å². The lowest BCUT2D eigenvalue weighted by Gasteiger charge is -2.16. The van der Waals surface area contributed by atoms with Crippen LogP contribution in [0.4, 0.5) is 5.82 Å². The first-order chi connectivity index (χ1) is 10.6. The van der Waals surface area contributed by atoms with E-state index in [2.05, 4.69) is 26.2 Å². The van der Waals surface area contributed by atoms with E-state index in [1.165, 1.54) is 0 Å². The molecule has 0 aliphatic carbocycles. The average Bonchev–Trinajstić information content (AvgIpc) is 2.50. The zero-order valence-corrected chi connectivity index (χ0v) is 14.1. The maximum Gasteiger partial charge on any atom is 0.239 e. The predicted octanol–water partition coefficient (Wildman–Crippen LogP) is 2.92. The van der Waals surface area contributed by atoms with Gasteiger partial charge in [-0.15, -0.1) is 0 Å². The van der Waals surface area contributed by atoms with Crippen molar-refractivity contribution in [1.82, 2.24) is 9.88 Å². The van der Waals surface area contributed by atoms with E-state index in [4.69, 9.17) is 4.74 Å². The molecule has 1 heterocycles. The van der Waals surface area contributed by atoms with Crippen LogP contribution in [0.2, 0.25) is 0 Å². The predicted molar refractivity (Wildman–Crippen MR) is 89.9 cm³/mol. The Morgan fingerprint density at radius 1 is 1.27 bits per heavy atom. The van der Waals surface area contributed by atoms with Crippen molar-refractivity contribution in [1.29, 1.82) is 0 Å². The number of hydrogen-bond donors (Lipinski definition) is 1. The topological polar surface area (TPSA) is 54.5 Å². The summed E-state index contributed by atoms with van der Waals surface area (Å²) in [6, 6.07) is 11.4. The number of carbonyl (C=O) groups is 1. The number of carbonyl (C=O) groups excluding carboxylic acids is 1. The van der Waals surface area contributed by atoms with Gasteiger partial charge in [0.05, 0.1) is 13.7 Å². The minimum Gasteiger partial charge on any atom is -0.497 e. The summed E-state index contributed by atoms with van der Waals surface area (Å²) >= 11 is 3.31. The molecule has 0 aliphatic rings. The molecule has 2 rings (SSSR count). The molecule has 6 heteroatoms. The van der Waals surface area contributed by atoms with E-state index in [1.54, 1.807) is 19.4 Å². The molecule has 1 aromatic heterocycles. The number of methoxy groups -OCH3 is 1. The van der Waals surface area contributed by atoms with Gasteiger partial charge in [0.1, 0.15) is 11.6 Å². The number of halogens is 1. The van der Waals surface area contributed by atoms with Crippen molar-refractivity contribution in [2.45, 2.75) is 6.54 Å². The monoisotopic (exact) mass is 363 g/mol. The van der Waals surface area contributed by atoms with Crippen LogP contribution in [-0.4, -0.2) is 36.5 Å². The Hall–Kier alpha value is -1.92. The molecule has 0 unspecified atom stereocenters. The van der Waals surface area contributed by atoms with E-state index in [0.717, 1.165) is 15.8 Å². The van der Waals surface area contributed by atoms with Crippen molar-refractivity contribution < 1.29 is 9.53 Å². The molecule has 2 aromatic rings. The van der Waals surface area contributed by atoms with Crippen molar-refractivity contribution in [3.63, 3.8) is 0 Å². The molecular weight excluding hydrogens is 346 g/mol. The maximum atomic E-state index is 12.0. The van der Waals surface area contributed by atoms with Crippen molar-refractivity contribution >= 4 is 27.7 Å². The van der Waals surface area contributed by atoms with E-state index in [9.17, 15) is 4.79 Å². The number of nitrogens with one attached hydrogen (secondary N) is 1. The Labute approximate surface area is 138 Å². The van der Waals surface area contributed by atoms with Gasteiger partial charge in [-0.05, 0) is 52.8 Å². The highest BCUT2D eigenvalue weighted by Gasteiger charge is 2.08. The third kappa shape index (κ3) is 5.13. The Morgan fingerprint density at radius 3 is 2.59 bits per heavy atom. The van der Waals surface area contributed by atoms with Crippen LogP contribution in [0.15, 0.2) is 47.1 Å². The number of hydrogen-bond acceptors (Lipinski definition) is 4. The van der Waals surface area contributed by atoms with Gasteiger partial charge in [0.25, 0.3) is 0 Å². The quantitative estimate of drug-likeness (QED) is 0.857. The fraction of sp³-hybridized carbons (Fsp3) is 0.250. The third-order valence-electron chi connectivity index (χ3n) is 3.02. The number of aromatic nitrogens is 1. The molecule has 0 saturated heterocycles. The van der Waals surface area contributed by atoms with E-state index >= 15 is 0 Å². The first kappa shape index (κ1) is 16.5. The number of rotatable bonds is 6. The molecule has 1 N–H and O–H groups in total. The molecule has 0 spiro atoms. The molecule has 22 heavy (non-hydrogen) atoms. The van der Waals surface area contributed by atoms with Crippen LogP contribution in [0, 0.1) is 0 Å². The zero-order chi connectivity index (χ0) is 15.9. The summed E-state index contributed by atoms with van der Waals surface area (Å²) < 4.78 is 6.00. The van der Waals surface area contributed by atoms with Crippen LogP contribution >= 0.6 is 15.9 Å². The lowest BCUT2D eigenvalue weighted by atomic mass is 10.2. The van der Waals surface area contributed by atoms with E-state index in [-0.39, 0.29) is 5.91 Å². The molecule has 116 valence electrons. The molecule has 1 amide bonds. The van der Waals surface area contributed by atoms with Gasteiger partial charge in [0.2, 0.25) is 5.91 Å². The largest absolute Gasteiger partial charge is 0.497 e. The van der Waals surface area contributed by atoms with Gasteiger partial charge >= 0.3 is 0 Å². The summed E-state index contributed by atoms with van der Waals surface area (Å²) in [6.07, 6.45) is 1.65. The van der Waals surface area contributed by atoms with Gasteiger partial charge < -0.3 is 10.1 Å². The first-order valence-electron chi connectivity index (χ1n) is 6.79. The number of nitrogens with zero attached hydrogens (tertiary/aromatic N) is 2. The van der Waals surface area contributed by atoms with Gasteiger partial charge in [-0.3, -0.25) is 9.69 Å². The van der Waals surface area contributed by atoms with Crippen LogP contribution < -0.4 is 10.1 Å². The van der Waals surface area contributed by atoms with Crippen LogP contribution in [0.25, 0.3) is 0 Å². The average molecular weight is 364 g/mol. The summed E-state index contributed by atoms with van der Waals surface area (Å²) in [7, 11) is 3.54. The van der Waals surface area contributed by atoms with Crippen LogP contribution in [0.1, 0.15) is 5.56 Å². The molecular formula is C16H18BrN3O2. The first-order valence-corrected chi connectivity index (χ1v) is 7.59. The summed E-state index contributed by atoms with van der Waals surface area (Å²) in [4.78, 5) is 18.0. The highest BCUT2D eigenvalue weighted by atomic mass is 79.9. The van der Waals surface area contributed by atoms with Crippen molar-refractivity contribution in [2.24, 2.45) is 0 Å². The second-order valence-corrected chi connectivity index (χ2v) is 5.85. The Morgan fingerprint density at radius 2 is 2.00 bits per heavy atom. The molecule has 1 aromatic carbocycles. The van der Waals surface area contributed by atoms with Crippen LogP contribution in [0.5, 0.6) is 5.75 Å². The summed E-state index contributed by atoms with van der Waals surface area (Å²) in [6.45, 7) is 0.981. The lowest BCUT2D eigenvalue weighted by Crippen LogP contribution is -2.30. The highest BCUT2D eigenvalue weighted by molar-refractivity contribution is 9.10. The third-order valence-corrected chi connectivity index (χ3v) is 3.49. The molecule has 0 saturated carbocycles. The minimum absolute atomic E-state index is 0.0918. The van der Waals surface area contributed by atoms with Gasteiger partial charge in [-0.2, -0.15) is 0 Å². The Balaban J connectivity index is 1.83. The lowest BCUT2D eigenvalue weighted by molar-refractivity contribution is -0.117. The second-order valence-electron chi connectivity index (χ2n) is 4.93. The fourth-order valence-corrected chi connectivity index (χ4v) is 2.21. The van der Waals surface area contributed by atoms with Gasteiger partial charge in [0.15, 0.2) is 0 Å². The number of pyridine rings is 1. The van der Waals surface area contributed by atoms with Crippen LogP contribution in [-0.2, 0) is 11.3 Å². The molecule has 5 nitrogen and oxygen atoms in total. The maximum absolute atomic E-state index is 12.0. The van der Waals surface area contributed by atoms with E-state index in [0.29, 0.717) is 18.9 Å². The summed E-state index contributed by atoms with van der Waals surface area (Å²) in [5.74, 6) is 1.28. The van der Waals surface area contributed by atoms with Crippen molar-refractivity contribution in [2.75, 3.05) is 26.0 Å². The number of amides is 1. The molecule has 0 aliphatic heterocycles. The molecule has 0 bridgehead atoms. The number of ether oxygens (including phenoxy) is 1. The Kier molecular flexibility index (Phi) is 5.91. The zero-order valence-electron chi connectivity index (χ0n) is 12.5. The van der Waals surface area contributed by atoms with Crippen molar-refractivity contribution in [3.05, 3.63) is 52.6 Å². The second kappa shape index (κ2) is 7.91. The summed E-state index contributed by atoms with van der Waals surface area (Å²) in [5, 5.41) is 2.77. The number of anilines is 1. The SMILES string of the molecule is COc1ccc(CN(C)CC(=O)Nc2ccc(Br)cn2)cc1. The fourth-order valence-electron chi connectivity index (χ4n) is 1.98. The number of likely N-dealkylation sites (N-methyl/N-ethyl adjacent to an activating group) is 1. The molecule has 0 radical (unpaired) electrons. The van der Waals surface area contributed by atoms with Gasteiger partial charge in [0, 0.05) is 17.2 Å². The highest BCUT2D eigenvalue weighted by Crippen LogP contribution is 2.13. The van der Waals surface area contributed by atoms with Gasteiger partial charge in [-0.25, -0.2) is 4.98 Å². The molecule has 0 atom stereocenters. The van der Waals surface area contributed by atoms with Crippen LogP contribution in [0.3, 0.4) is 0 Å². The smallest absolute Gasteiger partial charge is 0.239 e. The summed E-state index contributed by atoms with van der Waals surface area (Å²) in [5.41, 5.74) is 1.12. The van der Waals surface area contributed by atoms with Crippen molar-refractivity contribution in [3.8, 4) is 5.75 Å². The Bertz CT molecular complexity index is 614.